The Balaban J connectivity index is 1.31. The van der Waals surface area contributed by atoms with Crippen LogP contribution in [0.15, 0.2) is 243 Å². The fraction of sp³-hybridized carbons (Fsp3) is 0.0169. The van der Waals surface area contributed by atoms with Crippen LogP contribution < -0.4 is 0 Å². The van der Waals surface area contributed by atoms with Crippen LogP contribution in [0.4, 0.5) is 0 Å². The van der Waals surface area contributed by atoms with Gasteiger partial charge in [-0.2, -0.15) is 0 Å². The molecule has 60 heavy (non-hydrogen) atoms. The predicted molar refractivity (Wildman–Crippen MR) is 259 cm³/mol. The van der Waals surface area contributed by atoms with Crippen molar-refractivity contribution >= 4 is 50.8 Å². The summed E-state index contributed by atoms with van der Waals surface area (Å²) in [5.74, 6) is 0. The van der Waals surface area contributed by atoms with Crippen molar-refractivity contribution in [3.05, 3.63) is 293 Å². The molecule has 0 N–H and O–H groups in total. The maximum Gasteiger partial charge on any atom is 0.00687 e. The maximum absolute atomic E-state index is 2.49. The number of rotatable bonds is 9. The van der Waals surface area contributed by atoms with Gasteiger partial charge in [0.2, 0.25) is 0 Å². The van der Waals surface area contributed by atoms with Crippen molar-refractivity contribution in [3.63, 3.8) is 0 Å². The molecule has 0 saturated heterocycles. The Bertz CT molecular complexity index is 2850. The molecule has 0 spiro atoms. The molecule has 1 heteroatoms. The fourth-order valence-corrected chi connectivity index (χ4v) is 11.3. The molecule has 0 radical (unpaired) electrons. The van der Waals surface area contributed by atoms with Crippen molar-refractivity contribution in [2.24, 2.45) is 0 Å². The van der Waals surface area contributed by atoms with Gasteiger partial charge in [0.15, 0.2) is 0 Å². The largest absolute Gasteiger partial charge is 0.0772 e. The molecule has 10 aromatic rings. The van der Waals surface area contributed by atoms with Crippen molar-refractivity contribution in [3.8, 4) is 5.30 Å². The van der Waals surface area contributed by atoms with E-state index in [1.54, 1.807) is 0 Å². The highest BCUT2D eigenvalue weighted by Gasteiger charge is 2.22. The van der Waals surface area contributed by atoms with Crippen LogP contribution >= 0.6 is 7.53 Å². The average molecular weight is 783 g/mol. The van der Waals surface area contributed by atoms with Crippen LogP contribution in [0.25, 0.3) is 48.6 Å². The van der Waals surface area contributed by atoms with Gasteiger partial charge in [-0.1, -0.05) is 231 Å². The van der Waals surface area contributed by atoms with Crippen LogP contribution in [0.1, 0.15) is 50.1 Å². The van der Waals surface area contributed by atoms with Crippen molar-refractivity contribution in [1.82, 2.24) is 0 Å². The molecule has 1 heterocycles. The minimum Gasteiger partial charge on any atom is -0.0772 e. The molecule has 0 unspecified atom stereocenters. The van der Waals surface area contributed by atoms with Gasteiger partial charge in [0.05, 0.1) is 0 Å². The molecule has 0 amide bonds. The third-order valence-corrected chi connectivity index (χ3v) is 14.1. The average Bonchev–Trinajstić information content (AvgIpc) is 3.64. The molecule has 0 atom stereocenters. The van der Waals surface area contributed by atoms with E-state index in [9.17, 15) is 0 Å². The molecule has 1 aromatic heterocycles. The van der Waals surface area contributed by atoms with E-state index < -0.39 is 7.53 Å². The van der Waals surface area contributed by atoms with E-state index in [0.717, 1.165) is 0 Å². The first-order chi connectivity index (χ1) is 29.7. The second-order valence-corrected chi connectivity index (χ2v) is 17.5. The Morgan fingerprint density at radius 1 is 0.267 bits per heavy atom. The van der Waals surface area contributed by atoms with Gasteiger partial charge in [-0.25, -0.2) is 0 Å². The maximum atomic E-state index is 2.49. The number of fused-ring (bicyclic) bond motifs is 3. The first-order valence-corrected chi connectivity index (χ1v) is 22.0. The van der Waals surface area contributed by atoms with Gasteiger partial charge in [0.1, 0.15) is 0 Å². The second-order valence-electron chi connectivity index (χ2n) is 15.3. The number of hydrogen-bond donors (Lipinski definition) is 0. The third kappa shape index (κ3) is 7.13. The van der Waals surface area contributed by atoms with Crippen LogP contribution in [0.2, 0.25) is 0 Å². The number of benzene rings is 9. The van der Waals surface area contributed by atoms with Crippen molar-refractivity contribution in [2.75, 3.05) is 0 Å². The zero-order valence-electron chi connectivity index (χ0n) is 33.5. The standard InChI is InChI=1S/C59H43P/c1-42-32-36-51(37-33-42)60-54-38-34-49(58(47-28-16-6-17-29-47)56(43-20-8-2-9-21-43)44-22-10-3-11-23-44)40-52(54)53-41-50(35-39-55(53)60)59(48-30-18-7-19-31-48)57(45-24-12-4-13-25-45)46-26-14-5-15-27-46/h2-41H,1H3. The Morgan fingerprint density at radius 3 is 0.817 bits per heavy atom. The summed E-state index contributed by atoms with van der Waals surface area (Å²) in [7, 11) is -0.794. The molecule has 10 rings (SSSR count). The SMILES string of the molecule is Cc1ccc(-p2c3ccc(C(=C(c4ccccc4)c4ccccc4)c4ccccc4)cc3c3cc(C(=C(c4ccccc4)c4ccccc4)c4ccccc4)ccc32)cc1. The highest BCUT2D eigenvalue weighted by atomic mass is 31.1. The molecule has 0 aliphatic rings. The molecule has 0 fully saturated rings. The molecule has 0 aliphatic heterocycles. The van der Waals surface area contributed by atoms with E-state index in [4.69, 9.17) is 0 Å². The van der Waals surface area contributed by atoms with E-state index >= 15 is 0 Å². The molecule has 0 saturated carbocycles. The van der Waals surface area contributed by atoms with Gasteiger partial charge >= 0.3 is 0 Å². The molecular weight excluding hydrogens is 740 g/mol. The van der Waals surface area contributed by atoms with Crippen molar-refractivity contribution < 1.29 is 0 Å². The summed E-state index contributed by atoms with van der Waals surface area (Å²) in [5, 5.41) is 6.78. The lowest BCUT2D eigenvalue weighted by Crippen LogP contribution is -1.97. The first kappa shape index (κ1) is 37.1. The lowest BCUT2D eigenvalue weighted by atomic mass is 9.85. The van der Waals surface area contributed by atoms with Gasteiger partial charge < -0.3 is 0 Å². The van der Waals surface area contributed by atoms with E-state index in [1.807, 2.05) is 0 Å². The minimum atomic E-state index is -0.794. The summed E-state index contributed by atoms with van der Waals surface area (Å²) >= 11 is 0. The summed E-state index contributed by atoms with van der Waals surface area (Å²) in [6.45, 7) is 2.18. The van der Waals surface area contributed by atoms with Crippen molar-refractivity contribution in [1.29, 1.82) is 0 Å². The number of aryl methyl sites for hydroxylation is 1. The Kier molecular flexibility index (Phi) is 10.2. The molecule has 9 aromatic carbocycles. The lowest BCUT2D eigenvalue weighted by Gasteiger charge is -2.19. The van der Waals surface area contributed by atoms with Crippen molar-refractivity contribution in [2.45, 2.75) is 6.92 Å². The van der Waals surface area contributed by atoms with Crippen LogP contribution in [-0.4, -0.2) is 0 Å². The monoisotopic (exact) mass is 782 g/mol. The summed E-state index contributed by atoms with van der Waals surface area (Å²) in [5.41, 5.74) is 15.7. The summed E-state index contributed by atoms with van der Waals surface area (Å²) < 4.78 is 0. The Morgan fingerprint density at radius 2 is 0.533 bits per heavy atom. The predicted octanol–water partition coefficient (Wildman–Crippen LogP) is 16.3. The first-order valence-electron chi connectivity index (χ1n) is 20.7. The zero-order chi connectivity index (χ0) is 40.3. The summed E-state index contributed by atoms with van der Waals surface area (Å²) in [6.07, 6.45) is 0. The molecule has 0 nitrogen and oxygen atoms in total. The van der Waals surface area contributed by atoms with Gasteiger partial charge in [-0.05, 0) is 114 Å². The van der Waals surface area contributed by atoms with E-state index in [1.165, 1.54) is 98.7 Å². The lowest BCUT2D eigenvalue weighted by molar-refractivity contribution is 1.49. The van der Waals surface area contributed by atoms with Gasteiger partial charge in [-0.3, -0.25) is 0 Å². The van der Waals surface area contributed by atoms with Crippen LogP contribution in [-0.2, 0) is 0 Å². The molecule has 0 bridgehead atoms. The fourth-order valence-electron chi connectivity index (χ4n) is 8.76. The third-order valence-electron chi connectivity index (χ3n) is 11.5. The van der Waals surface area contributed by atoms with E-state index in [-0.39, 0.29) is 0 Å². The summed E-state index contributed by atoms with van der Waals surface area (Å²) in [6, 6.07) is 89.2. The Labute approximate surface area is 354 Å². The second kappa shape index (κ2) is 16.6. The molecule has 284 valence electrons. The highest BCUT2D eigenvalue weighted by molar-refractivity contribution is 7.67. The Hall–Kier alpha value is -7.24. The van der Waals surface area contributed by atoms with Gasteiger partial charge in [0, 0.05) is 10.2 Å². The summed E-state index contributed by atoms with van der Waals surface area (Å²) in [4.78, 5) is 0. The molecule has 0 aliphatic carbocycles. The number of hydrogen-bond acceptors (Lipinski definition) is 0. The van der Waals surface area contributed by atoms with Crippen LogP contribution in [0, 0.1) is 6.92 Å². The van der Waals surface area contributed by atoms with E-state index in [0.29, 0.717) is 0 Å². The topological polar surface area (TPSA) is 0 Å². The minimum absolute atomic E-state index is 0.794. The normalized spacial score (nSPS) is 11.1. The van der Waals surface area contributed by atoms with E-state index in [2.05, 4.69) is 250 Å². The quantitative estimate of drug-likeness (QED) is 0.128. The smallest absolute Gasteiger partial charge is 0.00687 e. The van der Waals surface area contributed by atoms with Crippen LogP contribution in [0.3, 0.4) is 0 Å². The highest BCUT2D eigenvalue weighted by Crippen LogP contribution is 2.56. The zero-order valence-corrected chi connectivity index (χ0v) is 34.4. The van der Waals surface area contributed by atoms with Gasteiger partial charge in [-0.15, -0.1) is 0 Å². The van der Waals surface area contributed by atoms with Crippen LogP contribution in [0.5, 0.6) is 0 Å². The molecular formula is C59H43P. The van der Waals surface area contributed by atoms with Gasteiger partial charge in [0.25, 0.3) is 0 Å².